The molecule has 0 amide bonds. The molecule has 0 aliphatic heterocycles. The molecule has 1 aliphatic carbocycles. The first-order valence-corrected chi connectivity index (χ1v) is 6.16. The number of halogens is 1. The predicted molar refractivity (Wildman–Crippen MR) is 70.2 cm³/mol. The molecule has 1 aliphatic rings. The third-order valence-electron chi connectivity index (χ3n) is 3.61. The molecule has 0 N–H and O–H groups in total. The van der Waals surface area contributed by atoms with Crippen molar-refractivity contribution >= 4 is 5.78 Å². The number of hydrogen-bond donors (Lipinski definition) is 0. The molecule has 3 heteroatoms. The fourth-order valence-corrected chi connectivity index (χ4v) is 2.50. The standard InChI is InChI=1S/C16H13FO2/c1-19-11-6-7-13(15(17)9-11)16(18)14-8-10-4-2-3-5-12(10)14/h2-7,9,14H,8H2,1H3. The third kappa shape index (κ3) is 1.91. The summed E-state index contributed by atoms with van der Waals surface area (Å²) in [6.45, 7) is 0. The zero-order valence-electron chi connectivity index (χ0n) is 10.5. The highest BCUT2D eigenvalue weighted by molar-refractivity contribution is 6.03. The van der Waals surface area contributed by atoms with Gasteiger partial charge in [-0.05, 0) is 29.7 Å². The van der Waals surface area contributed by atoms with Crippen molar-refractivity contribution in [3.63, 3.8) is 0 Å². The molecule has 0 heterocycles. The van der Waals surface area contributed by atoms with Crippen molar-refractivity contribution in [2.45, 2.75) is 12.3 Å². The quantitative estimate of drug-likeness (QED) is 0.787. The van der Waals surface area contributed by atoms with Crippen LogP contribution in [-0.4, -0.2) is 12.9 Å². The molecule has 0 saturated heterocycles. The highest BCUT2D eigenvalue weighted by Crippen LogP contribution is 2.37. The van der Waals surface area contributed by atoms with E-state index in [-0.39, 0.29) is 17.3 Å². The molecular formula is C16H13FO2. The smallest absolute Gasteiger partial charge is 0.173 e. The van der Waals surface area contributed by atoms with Gasteiger partial charge in [0.2, 0.25) is 0 Å². The second-order valence-electron chi connectivity index (χ2n) is 4.67. The molecule has 2 nitrogen and oxygen atoms in total. The van der Waals surface area contributed by atoms with Crippen LogP contribution in [0.15, 0.2) is 42.5 Å². The largest absolute Gasteiger partial charge is 0.497 e. The van der Waals surface area contributed by atoms with E-state index in [9.17, 15) is 9.18 Å². The lowest BCUT2D eigenvalue weighted by atomic mass is 9.74. The van der Waals surface area contributed by atoms with E-state index in [1.165, 1.54) is 24.8 Å². The molecular weight excluding hydrogens is 243 g/mol. The summed E-state index contributed by atoms with van der Waals surface area (Å²) in [6, 6.07) is 12.2. The van der Waals surface area contributed by atoms with Gasteiger partial charge in [0, 0.05) is 6.07 Å². The fraction of sp³-hybridized carbons (Fsp3) is 0.188. The zero-order valence-corrected chi connectivity index (χ0v) is 10.5. The minimum absolute atomic E-state index is 0.139. The van der Waals surface area contributed by atoms with Gasteiger partial charge in [0.05, 0.1) is 18.6 Å². The number of benzene rings is 2. The zero-order chi connectivity index (χ0) is 13.4. The van der Waals surface area contributed by atoms with Gasteiger partial charge < -0.3 is 4.74 Å². The average Bonchev–Trinajstić information content (AvgIpc) is 2.39. The maximum atomic E-state index is 13.9. The monoisotopic (exact) mass is 256 g/mol. The summed E-state index contributed by atoms with van der Waals surface area (Å²) in [6.07, 6.45) is 0.695. The fourth-order valence-electron chi connectivity index (χ4n) is 2.50. The van der Waals surface area contributed by atoms with Crippen LogP contribution in [0.2, 0.25) is 0 Å². The number of fused-ring (bicyclic) bond motifs is 1. The molecule has 0 fully saturated rings. The van der Waals surface area contributed by atoms with E-state index in [0.29, 0.717) is 12.2 Å². The molecule has 0 aromatic heterocycles. The number of Topliss-reactive ketones (excluding diaryl/α,β-unsaturated/α-hetero) is 1. The van der Waals surface area contributed by atoms with Crippen LogP contribution in [0.5, 0.6) is 5.75 Å². The maximum Gasteiger partial charge on any atom is 0.173 e. The Morgan fingerprint density at radius 1 is 1.26 bits per heavy atom. The summed E-state index contributed by atoms with van der Waals surface area (Å²) in [5, 5.41) is 0. The van der Waals surface area contributed by atoms with Gasteiger partial charge in [0.25, 0.3) is 0 Å². The summed E-state index contributed by atoms with van der Waals surface area (Å²) in [4.78, 5) is 12.3. The van der Waals surface area contributed by atoms with Gasteiger partial charge >= 0.3 is 0 Å². The van der Waals surface area contributed by atoms with E-state index in [1.807, 2.05) is 24.3 Å². The Hall–Kier alpha value is -2.16. The van der Waals surface area contributed by atoms with Crippen LogP contribution < -0.4 is 4.74 Å². The van der Waals surface area contributed by atoms with Crippen LogP contribution >= 0.6 is 0 Å². The van der Waals surface area contributed by atoms with E-state index >= 15 is 0 Å². The number of carbonyl (C=O) groups is 1. The van der Waals surface area contributed by atoms with E-state index < -0.39 is 5.82 Å². The molecule has 3 rings (SSSR count). The Balaban J connectivity index is 1.90. The Bertz CT molecular complexity index is 649. The van der Waals surface area contributed by atoms with Crippen LogP contribution in [0, 0.1) is 5.82 Å². The second kappa shape index (κ2) is 4.50. The summed E-state index contributed by atoms with van der Waals surface area (Å²) in [5.41, 5.74) is 2.33. The number of ether oxygens (including phenoxy) is 1. The molecule has 1 unspecified atom stereocenters. The first kappa shape index (κ1) is 11.9. The van der Waals surface area contributed by atoms with E-state index in [2.05, 4.69) is 0 Å². The average molecular weight is 256 g/mol. The van der Waals surface area contributed by atoms with Gasteiger partial charge in [0.15, 0.2) is 5.78 Å². The van der Waals surface area contributed by atoms with Crippen molar-refractivity contribution in [2.75, 3.05) is 7.11 Å². The lowest BCUT2D eigenvalue weighted by Crippen LogP contribution is -2.25. The first-order chi connectivity index (χ1) is 9.20. The van der Waals surface area contributed by atoms with Crippen LogP contribution in [0.3, 0.4) is 0 Å². The van der Waals surface area contributed by atoms with E-state index in [0.717, 1.165) is 5.56 Å². The normalized spacial score (nSPS) is 16.4. The first-order valence-electron chi connectivity index (χ1n) is 6.16. The molecule has 0 bridgehead atoms. The molecule has 0 spiro atoms. The van der Waals surface area contributed by atoms with Crippen molar-refractivity contribution in [3.8, 4) is 5.75 Å². The third-order valence-corrected chi connectivity index (χ3v) is 3.61. The molecule has 1 atom stereocenters. The predicted octanol–water partition coefficient (Wildman–Crippen LogP) is 3.36. The summed E-state index contributed by atoms with van der Waals surface area (Å²) in [5.74, 6) is -0.463. The van der Waals surface area contributed by atoms with Gasteiger partial charge in [-0.15, -0.1) is 0 Å². The van der Waals surface area contributed by atoms with Crippen molar-refractivity contribution in [1.29, 1.82) is 0 Å². The highest BCUT2D eigenvalue weighted by atomic mass is 19.1. The Kier molecular flexibility index (Phi) is 2.82. The maximum absolute atomic E-state index is 13.9. The SMILES string of the molecule is COc1ccc(C(=O)C2Cc3ccccc32)c(F)c1. The van der Waals surface area contributed by atoms with Gasteiger partial charge in [-0.2, -0.15) is 0 Å². The summed E-state index contributed by atoms with van der Waals surface area (Å²) < 4.78 is 18.8. The Morgan fingerprint density at radius 3 is 2.74 bits per heavy atom. The molecule has 0 saturated carbocycles. The van der Waals surface area contributed by atoms with Gasteiger partial charge in [-0.1, -0.05) is 24.3 Å². The van der Waals surface area contributed by atoms with Gasteiger partial charge in [-0.25, -0.2) is 4.39 Å². The van der Waals surface area contributed by atoms with Gasteiger partial charge in [-0.3, -0.25) is 4.79 Å². The van der Waals surface area contributed by atoms with E-state index in [4.69, 9.17) is 4.74 Å². The molecule has 0 radical (unpaired) electrons. The van der Waals surface area contributed by atoms with Crippen molar-refractivity contribution in [1.82, 2.24) is 0 Å². The number of carbonyl (C=O) groups excluding carboxylic acids is 1. The summed E-state index contributed by atoms with van der Waals surface area (Å²) >= 11 is 0. The minimum Gasteiger partial charge on any atom is -0.497 e. The summed E-state index contributed by atoms with van der Waals surface area (Å²) in [7, 11) is 1.47. The Labute approximate surface area is 110 Å². The number of hydrogen-bond acceptors (Lipinski definition) is 2. The highest BCUT2D eigenvalue weighted by Gasteiger charge is 2.33. The number of ketones is 1. The molecule has 96 valence electrons. The lowest BCUT2D eigenvalue weighted by molar-refractivity contribution is 0.0945. The number of methoxy groups -OCH3 is 1. The van der Waals surface area contributed by atoms with Crippen LogP contribution in [0.25, 0.3) is 0 Å². The number of rotatable bonds is 3. The minimum atomic E-state index is -0.520. The van der Waals surface area contributed by atoms with Gasteiger partial charge in [0.1, 0.15) is 11.6 Å². The molecule has 2 aromatic carbocycles. The van der Waals surface area contributed by atoms with Crippen molar-refractivity contribution in [2.24, 2.45) is 0 Å². The van der Waals surface area contributed by atoms with Crippen molar-refractivity contribution < 1.29 is 13.9 Å². The molecule has 2 aromatic rings. The second-order valence-corrected chi connectivity index (χ2v) is 4.67. The molecule has 19 heavy (non-hydrogen) atoms. The van der Waals surface area contributed by atoms with Crippen LogP contribution in [-0.2, 0) is 6.42 Å². The topological polar surface area (TPSA) is 26.3 Å². The lowest BCUT2D eigenvalue weighted by Gasteiger charge is -2.28. The van der Waals surface area contributed by atoms with Crippen LogP contribution in [0.1, 0.15) is 27.4 Å². The van der Waals surface area contributed by atoms with Crippen molar-refractivity contribution in [3.05, 3.63) is 65.0 Å². The van der Waals surface area contributed by atoms with E-state index in [1.54, 1.807) is 6.07 Å². The Morgan fingerprint density at radius 2 is 2.05 bits per heavy atom. The van der Waals surface area contributed by atoms with Crippen LogP contribution in [0.4, 0.5) is 4.39 Å².